The van der Waals surface area contributed by atoms with Gasteiger partial charge in [0.05, 0.1) is 0 Å². The predicted octanol–water partition coefficient (Wildman–Crippen LogP) is 3.08. The van der Waals surface area contributed by atoms with Crippen molar-refractivity contribution in [2.75, 3.05) is 0 Å². The number of para-hydroxylation sites is 1. The zero-order valence-electron chi connectivity index (χ0n) is 9.75. The van der Waals surface area contributed by atoms with E-state index in [2.05, 4.69) is 23.2 Å². The molecule has 0 fully saturated rings. The summed E-state index contributed by atoms with van der Waals surface area (Å²) in [6.07, 6.45) is 2.98. The number of nitrogens with two attached hydrogens (primary N) is 1. The maximum atomic E-state index is 5.76. The Morgan fingerprint density at radius 2 is 1.93 bits per heavy atom. The van der Waals surface area contributed by atoms with Gasteiger partial charge in [-0.1, -0.05) is 32.0 Å². The number of fused-ring (bicyclic) bond motifs is 1. The number of aromatic amines is 1. The largest absolute Gasteiger partial charge is 0.361 e. The van der Waals surface area contributed by atoms with E-state index in [0.29, 0.717) is 0 Å². The number of benzene rings is 1. The second-order valence-corrected chi connectivity index (χ2v) is 3.54. The first-order valence-corrected chi connectivity index (χ1v) is 5.58. The molecule has 0 bridgehead atoms. The quantitative estimate of drug-likeness (QED) is 0.775. The second-order valence-electron chi connectivity index (χ2n) is 3.54. The van der Waals surface area contributed by atoms with Crippen LogP contribution in [0.3, 0.4) is 0 Å². The molecule has 1 aromatic heterocycles. The normalized spacial score (nSPS) is 12.0. The summed E-state index contributed by atoms with van der Waals surface area (Å²) in [6, 6.07) is 8.53. The molecular formula is C13H20N2. The van der Waals surface area contributed by atoms with Crippen molar-refractivity contribution in [3.8, 4) is 0 Å². The van der Waals surface area contributed by atoms with Gasteiger partial charge in [0.15, 0.2) is 0 Å². The Hall–Kier alpha value is -1.28. The SMILES string of the molecule is CC.CC(N)Cc1c[nH]c2ccccc12. The van der Waals surface area contributed by atoms with Crippen molar-refractivity contribution in [3.05, 3.63) is 36.0 Å². The molecule has 0 aliphatic carbocycles. The van der Waals surface area contributed by atoms with Gasteiger partial charge >= 0.3 is 0 Å². The molecule has 2 nitrogen and oxygen atoms in total. The van der Waals surface area contributed by atoms with E-state index >= 15 is 0 Å². The summed E-state index contributed by atoms with van der Waals surface area (Å²) >= 11 is 0. The van der Waals surface area contributed by atoms with Crippen LogP contribution in [0.25, 0.3) is 10.9 Å². The Bertz CT molecular complexity index is 402. The van der Waals surface area contributed by atoms with E-state index < -0.39 is 0 Å². The second kappa shape index (κ2) is 5.56. The standard InChI is InChI=1S/C11H14N2.C2H6/c1-8(12)6-9-7-13-11-5-3-2-4-10(9)11;1-2/h2-5,7-8,13H,6,12H2,1H3;1-2H3. The third-order valence-electron chi connectivity index (χ3n) is 2.22. The summed E-state index contributed by atoms with van der Waals surface area (Å²) in [5.41, 5.74) is 8.26. The summed E-state index contributed by atoms with van der Waals surface area (Å²) in [6.45, 7) is 6.03. The molecule has 0 saturated carbocycles. The van der Waals surface area contributed by atoms with Gasteiger partial charge in [0.1, 0.15) is 0 Å². The fourth-order valence-electron chi connectivity index (χ4n) is 1.65. The highest BCUT2D eigenvalue weighted by atomic mass is 14.7. The van der Waals surface area contributed by atoms with Crippen LogP contribution in [-0.2, 0) is 6.42 Å². The van der Waals surface area contributed by atoms with Gasteiger partial charge < -0.3 is 10.7 Å². The average Bonchev–Trinajstić information content (AvgIpc) is 2.64. The van der Waals surface area contributed by atoms with Gasteiger partial charge in [0, 0.05) is 23.1 Å². The zero-order chi connectivity index (χ0) is 11.3. The van der Waals surface area contributed by atoms with E-state index in [0.717, 1.165) is 6.42 Å². The van der Waals surface area contributed by atoms with Crippen LogP contribution in [0.15, 0.2) is 30.5 Å². The smallest absolute Gasteiger partial charge is 0.0456 e. The maximum absolute atomic E-state index is 5.76. The number of nitrogens with one attached hydrogen (secondary N) is 1. The Balaban J connectivity index is 0.000000531. The molecule has 0 aliphatic heterocycles. The zero-order valence-corrected chi connectivity index (χ0v) is 9.75. The first-order valence-electron chi connectivity index (χ1n) is 5.58. The minimum atomic E-state index is 0.221. The molecule has 15 heavy (non-hydrogen) atoms. The molecule has 82 valence electrons. The van der Waals surface area contributed by atoms with Crippen LogP contribution < -0.4 is 5.73 Å². The maximum Gasteiger partial charge on any atom is 0.0456 e. The number of rotatable bonds is 2. The summed E-state index contributed by atoms with van der Waals surface area (Å²) < 4.78 is 0. The van der Waals surface area contributed by atoms with Gasteiger partial charge in [-0.05, 0) is 25.0 Å². The molecule has 0 amide bonds. The molecule has 2 aromatic rings. The van der Waals surface area contributed by atoms with Gasteiger partial charge in [-0.2, -0.15) is 0 Å². The van der Waals surface area contributed by atoms with Crippen LogP contribution in [0.2, 0.25) is 0 Å². The lowest BCUT2D eigenvalue weighted by Crippen LogP contribution is -2.17. The fourth-order valence-corrected chi connectivity index (χ4v) is 1.65. The van der Waals surface area contributed by atoms with Crippen LogP contribution in [0, 0.1) is 0 Å². The molecule has 0 spiro atoms. The highest BCUT2D eigenvalue weighted by Crippen LogP contribution is 2.18. The molecular weight excluding hydrogens is 184 g/mol. The van der Waals surface area contributed by atoms with Gasteiger partial charge in [-0.25, -0.2) is 0 Å². The van der Waals surface area contributed by atoms with Crippen molar-refractivity contribution in [2.45, 2.75) is 33.2 Å². The molecule has 1 heterocycles. The molecule has 0 saturated heterocycles. The molecule has 0 aliphatic rings. The van der Waals surface area contributed by atoms with E-state index in [-0.39, 0.29) is 6.04 Å². The van der Waals surface area contributed by atoms with Crippen LogP contribution in [-0.4, -0.2) is 11.0 Å². The van der Waals surface area contributed by atoms with Crippen molar-refractivity contribution in [1.82, 2.24) is 4.98 Å². The summed E-state index contributed by atoms with van der Waals surface area (Å²) in [5, 5.41) is 1.29. The van der Waals surface area contributed by atoms with Crippen LogP contribution in [0.5, 0.6) is 0 Å². The lowest BCUT2D eigenvalue weighted by molar-refractivity contribution is 0.741. The highest BCUT2D eigenvalue weighted by Gasteiger charge is 2.03. The molecule has 2 rings (SSSR count). The van der Waals surface area contributed by atoms with Gasteiger partial charge in [0.2, 0.25) is 0 Å². The summed E-state index contributed by atoms with van der Waals surface area (Å²) in [5.74, 6) is 0. The Kier molecular flexibility index (Phi) is 4.37. The first-order chi connectivity index (χ1) is 7.27. The van der Waals surface area contributed by atoms with Crippen LogP contribution in [0.1, 0.15) is 26.3 Å². The molecule has 2 heteroatoms. The van der Waals surface area contributed by atoms with Crippen molar-refractivity contribution in [3.63, 3.8) is 0 Å². The van der Waals surface area contributed by atoms with Gasteiger partial charge in [-0.3, -0.25) is 0 Å². The average molecular weight is 204 g/mol. The predicted molar refractivity (Wildman–Crippen MR) is 67.0 cm³/mol. The topological polar surface area (TPSA) is 41.8 Å². The van der Waals surface area contributed by atoms with Gasteiger partial charge in [-0.15, -0.1) is 0 Å². The number of H-pyrrole nitrogens is 1. The van der Waals surface area contributed by atoms with E-state index in [9.17, 15) is 0 Å². The first kappa shape index (κ1) is 11.8. The number of aromatic nitrogens is 1. The van der Waals surface area contributed by atoms with E-state index in [1.807, 2.05) is 33.0 Å². The van der Waals surface area contributed by atoms with E-state index in [1.165, 1.54) is 16.5 Å². The Morgan fingerprint density at radius 1 is 1.27 bits per heavy atom. The molecule has 1 unspecified atom stereocenters. The lowest BCUT2D eigenvalue weighted by Gasteiger charge is -2.02. The van der Waals surface area contributed by atoms with E-state index in [4.69, 9.17) is 5.73 Å². The summed E-state index contributed by atoms with van der Waals surface area (Å²) in [7, 11) is 0. The molecule has 3 N–H and O–H groups in total. The van der Waals surface area contributed by atoms with Crippen molar-refractivity contribution < 1.29 is 0 Å². The number of hydrogen-bond donors (Lipinski definition) is 2. The monoisotopic (exact) mass is 204 g/mol. The van der Waals surface area contributed by atoms with E-state index in [1.54, 1.807) is 0 Å². The van der Waals surface area contributed by atoms with Crippen LogP contribution in [0.4, 0.5) is 0 Å². The third-order valence-corrected chi connectivity index (χ3v) is 2.22. The molecule has 0 radical (unpaired) electrons. The van der Waals surface area contributed by atoms with Crippen molar-refractivity contribution in [2.24, 2.45) is 5.73 Å². The number of hydrogen-bond acceptors (Lipinski definition) is 1. The highest BCUT2D eigenvalue weighted by molar-refractivity contribution is 5.83. The lowest BCUT2D eigenvalue weighted by atomic mass is 10.1. The molecule has 1 atom stereocenters. The summed E-state index contributed by atoms with van der Waals surface area (Å²) in [4.78, 5) is 3.24. The van der Waals surface area contributed by atoms with Crippen molar-refractivity contribution >= 4 is 10.9 Å². The minimum Gasteiger partial charge on any atom is -0.361 e. The van der Waals surface area contributed by atoms with Crippen LogP contribution >= 0.6 is 0 Å². The minimum absolute atomic E-state index is 0.221. The Morgan fingerprint density at radius 3 is 2.60 bits per heavy atom. The van der Waals surface area contributed by atoms with Gasteiger partial charge in [0.25, 0.3) is 0 Å². The third kappa shape index (κ3) is 2.83. The fraction of sp³-hybridized carbons (Fsp3) is 0.385. The van der Waals surface area contributed by atoms with Crippen molar-refractivity contribution in [1.29, 1.82) is 0 Å². The Labute approximate surface area is 91.5 Å². The molecule has 1 aromatic carbocycles.